The third kappa shape index (κ3) is 7.80. The van der Waals surface area contributed by atoms with Crippen molar-refractivity contribution in [2.45, 2.75) is 37.7 Å². The predicted molar refractivity (Wildman–Crippen MR) is 143 cm³/mol. The Bertz CT molecular complexity index is 881. The highest BCUT2D eigenvalue weighted by Gasteiger charge is 2.37. The maximum atomic E-state index is 12.1. The molecule has 0 atom stereocenters. The van der Waals surface area contributed by atoms with Gasteiger partial charge in [-0.15, -0.1) is 0 Å². The van der Waals surface area contributed by atoms with Gasteiger partial charge < -0.3 is 5.11 Å². The van der Waals surface area contributed by atoms with E-state index in [2.05, 4.69) is 37.2 Å². The lowest BCUT2D eigenvalue weighted by molar-refractivity contribution is 0.0116. The molecule has 0 aliphatic heterocycles. The van der Waals surface area contributed by atoms with Crippen LogP contribution in [0.2, 0.25) is 0 Å². The summed E-state index contributed by atoms with van der Waals surface area (Å²) < 4.78 is 0. The van der Waals surface area contributed by atoms with Crippen molar-refractivity contribution in [3.63, 3.8) is 0 Å². The zero-order chi connectivity index (χ0) is 22.5. The molecule has 3 nitrogen and oxygen atoms in total. The number of hydrogen-bond donors (Lipinski definition) is 1. The molecule has 0 unspecified atom stereocenters. The number of hydrogen-bond acceptors (Lipinski definition) is 3. The molecule has 1 saturated carbocycles. The van der Waals surface area contributed by atoms with Crippen molar-refractivity contribution in [1.29, 1.82) is 0 Å². The van der Waals surface area contributed by atoms with Gasteiger partial charge in [0.05, 0.1) is 0 Å². The maximum absolute atomic E-state index is 12.1. The number of carbonyl (C=O) groups is 2. The van der Waals surface area contributed by atoms with Gasteiger partial charge in [-0.25, -0.2) is 0 Å². The summed E-state index contributed by atoms with van der Waals surface area (Å²) in [6.07, 6.45) is 4.26. The Kier molecular flexibility index (Phi) is 11.4. The van der Waals surface area contributed by atoms with E-state index in [1.54, 1.807) is 12.1 Å². The Balaban J connectivity index is 0.000000204. The molecule has 3 aromatic rings. The molecule has 0 saturated heterocycles. The van der Waals surface area contributed by atoms with Crippen molar-refractivity contribution in [3.05, 3.63) is 108 Å². The lowest BCUT2D eigenvalue weighted by Crippen LogP contribution is -2.40. The van der Waals surface area contributed by atoms with Crippen LogP contribution in [-0.4, -0.2) is 22.3 Å². The van der Waals surface area contributed by atoms with Gasteiger partial charge in [0.15, 0.2) is 11.6 Å². The first-order chi connectivity index (χ1) is 15.1. The van der Waals surface area contributed by atoms with E-state index in [0.717, 1.165) is 30.4 Å². The van der Waals surface area contributed by atoms with Gasteiger partial charge in [0, 0.05) is 53.9 Å². The van der Waals surface area contributed by atoms with E-state index < -0.39 is 5.60 Å². The summed E-state index contributed by atoms with van der Waals surface area (Å²) in [7, 11) is 0. The third-order valence-electron chi connectivity index (χ3n) is 5.21. The fraction of sp³-hybridized carbons (Fsp3) is 0.231. The van der Waals surface area contributed by atoms with Crippen LogP contribution in [0.15, 0.2) is 91.0 Å². The van der Waals surface area contributed by atoms with Crippen LogP contribution in [0.5, 0.6) is 0 Å². The molecule has 162 valence electrons. The van der Waals surface area contributed by atoms with Gasteiger partial charge >= 0.3 is 0 Å². The minimum atomic E-state index is -1.10. The summed E-state index contributed by atoms with van der Waals surface area (Å²) in [6.45, 7) is 0. The first kappa shape index (κ1) is 25.7. The molecule has 1 fully saturated rings. The molecule has 0 spiro atoms. The van der Waals surface area contributed by atoms with Gasteiger partial charge in [-0.1, -0.05) is 110 Å². The van der Waals surface area contributed by atoms with Crippen LogP contribution in [0.1, 0.15) is 58.4 Å². The van der Waals surface area contributed by atoms with Crippen molar-refractivity contribution in [3.8, 4) is 0 Å². The molecule has 1 aliphatic rings. The Morgan fingerprint density at radius 3 is 1.35 bits per heavy atom. The van der Waals surface area contributed by atoms with Crippen LogP contribution in [0.25, 0.3) is 0 Å². The van der Waals surface area contributed by atoms with E-state index >= 15 is 0 Å². The van der Waals surface area contributed by atoms with E-state index in [4.69, 9.17) is 0 Å². The minimum absolute atomic E-state index is 0.0752. The highest BCUT2D eigenvalue weighted by molar-refractivity contribution is 15.0. The summed E-state index contributed by atoms with van der Waals surface area (Å²) >= 11 is 4.24. The molecule has 4 rings (SSSR count). The van der Waals surface area contributed by atoms with Crippen LogP contribution in [0.4, 0.5) is 0 Å². The number of ketones is 2. The maximum Gasteiger partial charge on any atom is 0.194 e. The molecular weight excluding hydrogens is 614 g/mol. The molecule has 0 aromatic heterocycles. The Morgan fingerprint density at radius 2 is 0.968 bits per heavy atom. The topological polar surface area (TPSA) is 54.4 Å². The highest BCUT2D eigenvalue weighted by atomic mass is 128. The molecule has 0 amide bonds. The second-order valence-corrected chi connectivity index (χ2v) is 7.35. The second-order valence-electron chi connectivity index (χ2n) is 7.35. The number of Topliss-reactive ketones (excluding diaryl/α,β-unsaturated/α-hetero) is 1. The average Bonchev–Trinajstić information content (AvgIpc) is 2.87. The molecule has 3 aromatic carbocycles. The number of benzene rings is 3. The van der Waals surface area contributed by atoms with Gasteiger partial charge in [-0.05, 0) is 12.8 Å². The van der Waals surface area contributed by atoms with Crippen molar-refractivity contribution in [2.75, 3.05) is 0 Å². The molecule has 0 radical (unpaired) electrons. The van der Waals surface area contributed by atoms with Gasteiger partial charge in [0.25, 0.3) is 0 Å². The largest absolute Gasteiger partial charge is 0.382 e. The normalized spacial score (nSPS) is 14.2. The smallest absolute Gasteiger partial charge is 0.194 e. The zero-order valence-electron chi connectivity index (χ0n) is 17.2. The number of aliphatic hydroxyl groups is 1. The van der Waals surface area contributed by atoms with E-state index in [1.165, 1.54) is 0 Å². The Morgan fingerprint density at radius 1 is 0.613 bits per heavy atom. The van der Waals surface area contributed by atoms with E-state index in [1.807, 2.05) is 78.9 Å². The first-order valence-electron chi connectivity index (χ1n) is 10.2. The van der Waals surface area contributed by atoms with Crippen LogP contribution in [0, 0.1) is 0 Å². The van der Waals surface area contributed by atoms with Crippen molar-refractivity contribution >= 4 is 48.8 Å². The fourth-order valence-electron chi connectivity index (χ4n) is 3.57. The van der Waals surface area contributed by atoms with Crippen LogP contribution >= 0.6 is 37.2 Å². The monoisotopic (exact) mass is 640 g/mol. The zero-order valence-corrected chi connectivity index (χ0v) is 21.5. The van der Waals surface area contributed by atoms with Gasteiger partial charge in [-0.3, -0.25) is 9.59 Å². The van der Waals surface area contributed by atoms with Crippen LogP contribution < -0.4 is 0 Å². The summed E-state index contributed by atoms with van der Waals surface area (Å²) in [5.74, 6) is -0.0333. The molecule has 31 heavy (non-hydrogen) atoms. The number of rotatable bonds is 4. The van der Waals surface area contributed by atoms with Crippen molar-refractivity contribution in [1.82, 2.24) is 0 Å². The van der Waals surface area contributed by atoms with Crippen LogP contribution in [0.3, 0.4) is 0 Å². The molecule has 0 bridgehead atoms. The lowest BCUT2D eigenvalue weighted by atomic mass is 9.79. The minimum Gasteiger partial charge on any atom is -0.382 e. The Hall–Kier alpha value is -1.58. The highest BCUT2D eigenvalue weighted by Crippen LogP contribution is 2.31. The lowest BCUT2D eigenvalue weighted by Gasteiger charge is -2.30. The summed E-state index contributed by atoms with van der Waals surface area (Å²) in [5, 5.41) is 10.2. The second kappa shape index (κ2) is 13.8. The quantitative estimate of drug-likeness (QED) is 0.242. The third-order valence-corrected chi connectivity index (χ3v) is 5.21. The SMILES string of the molecule is II.O=C(c1ccccc1)C1(O)CCCCC1.O=C(c1ccccc1)c1ccccc1. The van der Waals surface area contributed by atoms with Crippen molar-refractivity contribution < 1.29 is 14.7 Å². The molecule has 0 heterocycles. The van der Waals surface area contributed by atoms with Crippen molar-refractivity contribution in [2.24, 2.45) is 0 Å². The van der Waals surface area contributed by atoms with Gasteiger partial charge in [0.2, 0.25) is 0 Å². The molecule has 5 heteroatoms. The standard InChI is InChI=1S/C13H16O2.C13H10O.I2/c14-12(11-7-3-1-4-8-11)13(15)9-5-2-6-10-13;14-13(11-7-3-1-4-8-11)12-9-5-2-6-10-12;1-2/h1,3-4,7-8,15H,2,5-6,9-10H2;1-10H;. The molecular formula is C26H26I2O3. The molecule has 1 N–H and O–H groups in total. The van der Waals surface area contributed by atoms with Crippen LogP contribution in [-0.2, 0) is 0 Å². The van der Waals surface area contributed by atoms with Gasteiger partial charge in [0.1, 0.15) is 5.60 Å². The average molecular weight is 640 g/mol. The Labute approximate surface area is 207 Å². The molecule has 1 aliphatic carbocycles. The first-order valence-corrected chi connectivity index (χ1v) is 16.5. The number of carbonyl (C=O) groups excluding carboxylic acids is 2. The summed E-state index contributed by atoms with van der Waals surface area (Å²) in [6, 6.07) is 27.7. The van der Waals surface area contributed by atoms with Gasteiger partial charge in [-0.2, -0.15) is 0 Å². The summed E-state index contributed by atoms with van der Waals surface area (Å²) in [5.41, 5.74) is 0.999. The number of halogens is 2. The van der Waals surface area contributed by atoms with E-state index in [-0.39, 0.29) is 11.6 Å². The summed E-state index contributed by atoms with van der Waals surface area (Å²) in [4.78, 5) is 23.9. The van der Waals surface area contributed by atoms with E-state index in [9.17, 15) is 14.7 Å². The fourth-order valence-corrected chi connectivity index (χ4v) is 3.57. The van der Waals surface area contributed by atoms with E-state index in [0.29, 0.717) is 18.4 Å². The predicted octanol–water partition coefficient (Wildman–Crippen LogP) is 7.25.